The number of ether oxygens (including phenoxy) is 2. The van der Waals surface area contributed by atoms with Crippen LogP contribution in [0.2, 0.25) is 10.0 Å². The number of pyridine rings is 1. The molecule has 0 radical (unpaired) electrons. The van der Waals surface area contributed by atoms with E-state index < -0.39 is 17.7 Å². The highest BCUT2D eigenvalue weighted by molar-refractivity contribution is 6.47. The molecular weight excluding hydrogens is 473 g/mol. The van der Waals surface area contributed by atoms with Gasteiger partial charge in [-0.2, -0.15) is 10.4 Å². The predicted molar refractivity (Wildman–Crippen MR) is 122 cm³/mol. The molecule has 0 aliphatic carbocycles. The minimum atomic E-state index is -1.04. The highest BCUT2D eigenvalue weighted by atomic mass is 35.5. The Kier molecular flexibility index (Phi) is 7.58. The first kappa shape index (κ1) is 24.1. The third kappa shape index (κ3) is 5.45. The van der Waals surface area contributed by atoms with Crippen LogP contribution in [0, 0.1) is 11.3 Å². The number of nitrogens with one attached hydrogen (secondary N) is 2. The second kappa shape index (κ2) is 10.4. The molecule has 33 heavy (non-hydrogen) atoms. The molecule has 1 aliphatic heterocycles. The zero-order valence-corrected chi connectivity index (χ0v) is 19.2. The van der Waals surface area contributed by atoms with E-state index in [9.17, 15) is 14.4 Å². The molecule has 2 aromatic rings. The lowest BCUT2D eigenvalue weighted by atomic mass is 10.2. The van der Waals surface area contributed by atoms with Crippen molar-refractivity contribution in [2.45, 2.75) is 32.7 Å². The number of hydrogen-bond acceptors (Lipinski definition) is 8. The number of carbonyl (C=O) groups excluding carboxylic acids is 2. The van der Waals surface area contributed by atoms with Gasteiger partial charge in [0.2, 0.25) is 5.71 Å². The number of fused-ring (bicyclic) bond motifs is 1. The van der Waals surface area contributed by atoms with Gasteiger partial charge in [0.05, 0.1) is 28.0 Å². The van der Waals surface area contributed by atoms with E-state index in [1.165, 1.54) is 18.2 Å². The van der Waals surface area contributed by atoms with E-state index in [0.29, 0.717) is 12.2 Å². The van der Waals surface area contributed by atoms with Gasteiger partial charge in [-0.15, -0.1) is 0 Å². The maximum absolute atomic E-state index is 12.2. The van der Waals surface area contributed by atoms with Crippen molar-refractivity contribution in [3.63, 3.8) is 0 Å². The van der Waals surface area contributed by atoms with Gasteiger partial charge in [-0.25, -0.2) is 4.79 Å². The van der Waals surface area contributed by atoms with Crippen molar-refractivity contribution >= 4 is 46.6 Å². The summed E-state index contributed by atoms with van der Waals surface area (Å²) in [5.74, 6) is -0.388. The van der Waals surface area contributed by atoms with Crippen molar-refractivity contribution in [3.8, 4) is 17.6 Å². The average molecular weight is 492 g/mol. The average Bonchev–Trinajstić information content (AvgIpc) is 3.15. The number of carbonyl (C=O) groups is 2. The van der Waals surface area contributed by atoms with Gasteiger partial charge in [0.15, 0.2) is 5.75 Å². The molecule has 1 unspecified atom stereocenters. The van der Waals surface area contributed by atoms with Crippen molar-refractivity contribution in [3.05, 3.63) is 50.4 Å². The van der Waals surface area contributed by atoms with E-state index in [2.05, 4.69) is 15.3 Å². The lowest BCUT2D eigenvalue weighted by molar-refractivity contribution is -0.114. The molecule has 0 saturated carbocycles. The molecule has 172 valence electrons. The van der Waals surface area contributed by atoms with Gasteiger partial charge in [0.25, 0.3) is 11.5 Å². The zero-order valence-electron chi connectivity index (χ0n) is 17.6. The van der Waals surface area contributed by atoms with E-state index in [-0.39, 0.29) is 39.7 Å². The Labute approximate surface area is 198 Å². The van der Waals surface area contributed by atoms with E-state index >= 15 is 0 Å². The summed E-state index contributed by atoms with van der Waals surface area (Å²) in [6.07, 6.45) is 0.506. The SMILES string of the molecule is CCOC(=O)NC(=O)C(C#N)=NNc1cc(Cl)c(Oc2ccc(=O)n3c2CCC3C)c(Cl)c1. The number of amides is 2. The Morgan fingerprint density at radius 1 is 1.30 bits per heavy atom. The number of hydrazone groups is 1. The zero-order chi connectivity index (χ0) is 24.1. The highest BCUT2D eigenvalue weighted by Crippen LogP contribution is 2.41. The largest absolute Gasteiger partial charge is 0.452 e. The predicted octanol–water partition coefficient (Wildman–Crippen LogP) is 4.02. The van der Waals surface area contributed by atoms with E-state index in [1.54, 1.807) is 23.6 Å². The van der Waals surface area contributed by atoms with Crippen molar-refractivity contribution < 1.29 is 19.1 Å². The number of benzene rings is 1. The van der Waals surface area contributed by atoms with Crippen molar-refractivity contribution in [2.24, 2.45) is 5.10 Å². The van der Waals surface area contributed by atoms with Gasteiger partial charge in [0.1, 0.15) is 11.8 Å². The normalized spacial score (nSPS) is 14.8. The summed E-state index contributed by atoms with van der Waals surface area (Å²) in [5, 5.41) is 14.9. The molecule has 2 N–H and O–H groups in total. The molecule has 2 amide bonds. The maximum Gasteiger partial charge on any atom is 0.414 e. The second-order valence-electron chi connectivity index (χ2n) is 6.97. The molecule has 10 nitrogen and oxygen atoms in total. The van der Waals surface area contributed by atoms with Gasteiger partial charge >= 0.3 is 6.09 Å². The van der Waals surface area contributed by atoms with Gasteiger partial charge in [-0.1, -0.05) is 23.2 Å². The fourth-order valence-electron chi connectivity index (χ4n) is 3.27. The van der Waals surface area contributed by atoms with Crippen LogP contribution in [0.25, 0.3) is 0 Å². The highest BCUT2D eigenvalue weighted by Gasteiger charge is 2.24. The van der Waals surface area contributed by atoms with Crippen molar-refractivity contribution in [1.29, 1.82) is 5.26 Å². The van der Waals surface area contributed by atoms with Crippen LogP contribution >= 0.6 is 23.2 Å². The van der Waals surface area contributed by atoms with Gasteiger partial charge in [-0.05, 0) is 44.9 Å². The molecule has 0 saturated heterocycles. The minimum Gasteiger partial charge on any atom is -0.452 e. The first-order valence-electron chi connectivity index (χ1n) is 9.88. The number of imide groups is 1. The molecule has 12 heteroatoms. The van der Waals surface area contributed by atoms with Crippen molar-refractivity contribution in [2.75, 3.05) is 12.0 Å². The van der Waals surface area contributed by atoms with Gasteiger partial charge in [0, 0.05) is 12.1 Å². The summed E-state index contributed by atoms with van der Waals surface area (Å²) in [7, 11) is 0. The van der Waals surface area contributed by atoms with Crippen LogP contribution in [0.1, 0.15) is 32.0 Å². The number of nitriles is 1. The molecule has 2 heterocycles. The smallest absolute Gasteiger partial charge is 0.414 e. The Morgan fingerprint density at radius 2 is 2.00 bits per heavy atom. The standard InChI is InChI=1S/C21H19Cl2N5O5/c1-3-32-21(31)25-20(30)15(10-24)27-26-12-8-13(22)19(14(23)9-12)33-17-6-7-18(29)28-11(2)4-5-16(17)28/h6-9,11,26H,3-5H2,1-2H3,(H,25,30,31). The molecule has 1 aromatic heterocycles. The summed E-state index contributed by atoms with van der Waals surface area (Å²) in [6.45, 7) is 3.59. The molecule has 0 fully saturated rings. The first-order chi connectivity index (χ1) is 15.7. The number of aromatic nitrogens is 1. The van der Waals surface area contributed by atoms with E-state index in [4.69, 9.17) is 33.2 Å². The van der Waals surface area contributed by atoms with E-state index in [1.807, 2.05) is 12.2 Å². The van der Waals surface area contributed by atoms with Crippen LogP contribution in [0.4, 0.5) is 10.5 Å². The van der Waals surface area contributed by atoms with Crippen molar-refractivity contribution in [1.82, 2.24) is 9.88 Å². The number of hydrogen-bond donors (Lipinski definition) is 2. The van der Waals surface area contributed by atoms with Crippen LogP contribution in [-0.4, -0.2) is 28.9 Å². The molecule has 3 rings (SSSR count). The summed E-state index contributed by atoms with van der Waals surface area (Å²) >= 11 is 12.7. The quantitative estimate of drug-likeness (QED) is 0.459. The molecule has 0 spiro atoms. The molecular formula is C21H19Cl2N5O5. The van der Waals surface area contributed by atoms with Gasteiger partial charge in [-0.3, -0.25) is 20.3 Å². The Morgan fingerprint density at radius 3 is 2.64 bits per heavy atom. The fraction of sp³-hybridized carbons (Fsp3) is 0.286. The lowest BCUT2D eigenvalue weighted by Crippen LogP contribution is -2.36. The maximum atomic E-state index is 12.2. The second-order valence-corrected chi connectivity index (χ2v) is 7.78. The summed E-state index contributed by atoms with van der Waals surface area (Å²) < 4.78 is 12.2. The van der Waals surface area contributed by atoms with E-state index in [0.717, 1.165) is 12.1 Å². The van der Waals surface area contributed by atoms with Crippen LogP contribution in [0.15, 0.2) is 34.2 Å². The first-order valence-corrected chi connectivity index (χ1v) is 10.6. The Bertz CT molecular complexity index is 1210. The topological polar surface area (TPSA) is 135 Å². The summed E-state index contributed by atoms with van der Waals surface area (Å²) in [5.41, 5.74) is 2.80. The van der Waals surface area contributed by atoms with Crippen LogP contribution in [0.5, 0.6) is 11.5 Å². The monoisotopic (exact) mass is 491 g/mol. The summed E-state index contributed by atoms with van der Waals surface area (Å²) in [4.78, 5) is 35.4. The van der Waals surface area contributed by atoms with Crippen LogP contribution in [0.3, 0.4) is 0 Å². The molecule has 0 bridgehead atoms. The van der Waals surface area contributed by atoms with Crippen LogP contribution < -0.4 is 21.0 Å². The third-order valence-corrected chi connectivity index (χ3v) is 5.31. The summed E-state index contributed by atoms with van der Waals surface area (Å²) in [6, 6.07) is 7.52. The van der Waals surface area contributed by atoms with Crippen LogP contribution in [-0.2, 0) is 16.0 Å². The number of alkyl carbamates (subject to hydrolysis) is 1. The Balaban J connectivity index is 1.79. The number of halogens is 2. The third-order valence-electron chi connectivity index (χ3n) is 4.75. The lowest BCUT2D eigenvalue weighted by Gasteiger charge is -2.15. The Hall–Kier alpha value is -3.55. The van der Waals surface area contributed by atoms with Gasteiger partial charge < -0.3 is 14.0 Å². The number of rotatable bonds is 6. The molecule has 1 aromatic carbocycles. The minimum absolute atomic E-state index is 0.0589. The molecule has 1 atom stereocenters. The fourth-order valence-corrected chi connectivity index (χ4v) is 3.83. The molecule has 1 aliphatic rings. The number of nitrogens with zero attached hydrogens (tertiary/aromatic N) is 3. The number of anilines is 1.